The van der Waals surface area contributed by atoms with Crippen LogP contribution in [0.2, 0.25) is 0 Å². The summed E-state index contributed by atoms with van der Waals surface area (Å²) in [6.07, 6.45) is 1.17. The molecule has 0 heterocycles. The van der Waals surface area contributed by atoms with Gasteiger partial charge < -0.3 is 10.6 Å². The molecule has 2 N–H and O–H groups in total. The zero-order valence-electron chi connectivity index (χ0n) is 13.5. The summed E-state index contributed by atoms with van der Waals surface area (Å²) in [6, 6.07) is 0.604. The molecule has 0 aliphatic rings. The van der Waals surface area contributed by atoms with Crippen LogP contribution < -0.4 is 10.6 Å². The van der Waals surface area contributed by atoms with E-state index >= 15 is 0 Å². The maximum Gasteiger partial charge on any atom is 0.191 e. The van der Waals surface area contributed by atoms with Gasteiger partial charge in [-0.1, -0.05) is 20.8 Å². The summed E-state index contributed by atoms with van der Waals surface area (Å²) >= 11 is 0. The molecule has 0 rings (SSSR count). The Morgan fingerprint density at radius 2 is 1.68 bits per heavy atom. The third kappa shape index (κ3) is 11.5. The first kappa shape index (κ1) is 21.3. The molecule has 4 nitrogen and oxygen atoms in total. The minimum absolute atomic E-state index is 0. The van der Waals surface area contributed by atoms with Crippen molar-refractivity contribution in [2.75, 3.05) is 33.2 Å². The number of rotatable bonds is 8. The van der Waals surface area contributed by atoms with Crippen molar-refractivity contribution < 1.29 is 0 Å². The summed E-state index contributed by atoms with van der Waals surface area (Å²) in [7, 11) is 1.82. The Bertz CT molecular complexity index is 229. The fraction of sp³-hybridized carbons (Fsp3) is 0.929. The standard InChI is InChI=1S/C14H32N4.HI/c1-7-18(13(4)5)11-10-17-14(15-6)16-9-8-12(2)3;/h12-13H,7-11H2,1-6H3,(H2,15,16,17);1H. The van der Waals surface area contributed by atoms with Gasteiger partial charge in [-0.25, -0.2) is 0 Å². The van der Waals surface area contributed by atoms with Crippen molar-refractivity contribution in [3.63, 3.8) is 0 Å². The van der Waals surface area contributed by atoms with Crippen LogP contribution in [0.1, 0.15) is 41.0 Å². The predicted molar refractivity (Wildman–Crippen MR) is 96.6 cm³/mol. The van der Waals surface area contributed by atoms with Gasteiger partial charge in [-0.3, -0.25) is 9.89 Å². The van der Waals surface area contributed by atoms with E-state index < -0.39 is 0 Å². The molecule has 0 aromatic heterocycles. The third-order valence-corrected chi connectivity index (χ3v) is 3.07. The SMILES string of the molecule is CCN(CCNC(=NC)NCCC(C)C)C(C)C.I. The zero-order chi connectivity index (χ0) is 14.0. The van der Waals surface area contributed by atoms with E-state index in [0.29, 0.717) is 6.04 Å². The van der Waals surface area contributed by atoms with Crippen LogP contribution in [0.3, 0.4) is 0 Å². The minimum atomic E-state index is 0. The summed E-state index contributed by atoms with van der Waals surface area (Å²) in [5, 5.41) is 6.70. The highest BCUT2D eigenvalue weighted by molar-refractivity contribution is 14.0. The largest absolute Gasteiger partial charge is 0.356 e. The lowest BCUT2D eigenvalue weighted by Gasteiger charge is -2.25. The van der Waals surface area contributed by atoms with Gasteiger partial charge >= 0.3 is 0 Å². The maximum absolute atomic E-state index is 4.23. The van der Waals surface area contributed by atoms with E-state index in [-0.39, 0.29) is 24.0 Å². The van der Waals surface area contributed by atoms with Crippen LogP contribution in [0.5, 0.6) is 0 Å². The van der Waals surface area contributed by atoms with E-state index in [0.717, 1.165) is 38.1 Å². The number of likely N-dealkylation sites (N-methyl/N-ethyl adjacent to an activating group) is 1. The molecule has 0 saturated heterocycles. The fourth-order valence-electron chi connectivity index (χ4n) is 1.80. The molecule has 0 bridgehead atoms. The first-order chi connectivity index (χ1) is 8.51. The van der Waals surface area contributed by atoms with Crippen molar-refractivity contribution in [1.29, 1.82) is 0 Å². The molecule has 0 radical (unpaired) electrons. The lowest BCUT2D eigenvalue weighted by Crippen LogP contribution is -2.43. The lowest BCUT2D eigenvalue weighted by atomic mass is 10.1. The first-order valence-electron chi connectivity index (χ1n) is 7.19. The lowest BCUT2D eigenvalue weighted by molar-refractivity contribution is 0.237. The summed E-state index contributed by atoms with van der Waals surface area (Å²) in [4.78, 5) is 6.67. The van der Waals surface area contributed by atoms with Gasteiger partial charge in [0.1, 0.15) is 0 Å². The number of halogens is 1. The van der Waals surface area contributed by atoms with Gasteiger partial charge in [0, 0.05) is 32.7 Å². The Hall–Kier alpha value is -0.0400. The smallest absolute Gasteiger partial charge is 0.191 e. The quantitative estimate of drug-likeness (QED) is 0.384. The molecular weight excluding hydrogens is 351 g/mol. The van der Waals surface area contributed by atoms with Gasteiger partial charge in [0.25, 0.3) is 0 Å². The van der Waals surface area contributed by atoms with Crippen molar-refractivity contribution in [3.8, 4) is 0 Å². The zero-order valence-corrected chi connectivity index (χ0v) is 15.8. The van der Waals surface area contributed by atoms with E-state index in [4.69, 9.17) is 0 Å². The number of guanidine groups is 1. The minimum Gasteiger partial charge on any atom is -0.356 e. The Labute approximate surface area is 136 Å². The second-order valence-electron chi connectivity index (χ2n) is 5.33. The Morgan fingerprint density at radius 3 is 2.11 bits per heavy atom. The first-order valence-corrected chi connectivity index (χ1v) is 7.19. The van der Waals surface area contributed by atoms with Gasteiger partial charge in [0.05, 0.1) is 0 Å². The van der Waals surface area contributed by atoms with Crippen LogP contribution in [0.4, 0.5) is 0 Å². The summed E-state index contributed by atoms with van der Waals surface area (Å²) in [5.74, 6) is 1.64. The average molecular weight is 384 g/mol. The van der Waals surface area contributed by atoms with E-state index in [1.807, 2.05) is 7.05 Å². The molecule has 0 aliphatic carbocycles. The number of aliphatic imine (C=N–C) groups is 1. The number of hydrogen-bond donors (Lipinski definition) is 2. The molecule has 0 aromatic rings. The molecule has 0 aromatic carbocycles. The van der Waals surface area contributed by atoms with E-state index in [1.165, 1.54) is 6.42 Å². The average Bonchev–Trinajstić information content (AvgIpc) is 2.31. The molecule has 0 fully saturated rings. The molecule has 0 aliphatic heterocycles. The highest BCUT2D eigenvalue weighted by Gasteiger charge is 2.06. The van der Waals surface area contributed by atoms with Crippen LogP contribution in [0, 0.1) is 5.92 Å². The maximum atomic E-state index is 4.23. The summed E-state index contributed by atoms with van der Waals surface area (Å²) in [5.41, 5.74) is 0. The van der Waals surface area contributed by atoms with Crippen molar-refractivity contribution in [2.24, 2.45) is 10.9 Å². The fourth-order valence-corrected chi connectivity index (χ4v) is 1.80. The summed E-state index contributed by atoms with van der Waals surface area (Å²) < 4.78 is 0. The second kappa shape index (κ2) is 13.0. The topological polar surface area (TPSA) is 39.7 Å². The van der Waals surface area contributed by atoms with E-state index in [9.17, 15) is 0 Å². The van der Waals surface area contributed by atoms with Gasteiger partial charge in [0.15, 0.2) is 5.96 Å². The van der Waals surface area contributed by atoms with E-state index in [1.54, 1.807) is 0 Å². The van der Waals surface area contributed by atoms with Crippen molar-refractivity contribution >= 4 is 29.9 Å². The third-order valence-electron chi connectivity index (χ3n) is 3.07. The van der Waals surface area contributed by atoms with Crippen LogP contribution in [0.25, 0.3) is 0 Å². The number of nitrogens with one attached hydrogen (secondary N) is 2. The van der Waals surface area contributed by atoms with Crippen LogP contribution in [0.15, 0.2) is 4.99 Å². The normalized spacial score (nSPS) is 11.9. The molecule has 19 heavy (non-hydrogen) atoms. The van der Waals surface area contributed by atoms with E-state index in [2.05, 4.69) is 55.1 Å². The molecule has 0 saturated carbocycles. The molecule has 0 amide bonds. The Kier molecular flexibility index (Phi) is 14.5. The highest BCUT2D eigenvalue weighted by Crippen LogP contribution is 1.96. The molecule has 116 valence electrons. The highest BCUT2D eigenvalue weighted by atomic mass is 127. The molecule has 0 atom stereocenters. The predicted octanol–water partition coefficient (Wildman–Crippen LogP) is 2.55. The Balaban J connectivity index is 0. The van der Waals surface area contributed by atoms with Gasteiger partial charge in [-0.15, -0.1) is 24.0 Å². The van der Waals surface area contributed by atoms with Crippen LogP contribution >= 0.6 is 24.0 Å². The second-order valence-corrected chi connectivity index (χ2v) is 5.33. The van der Waals surface area contributed by atoms with Crippen molar-refractivity contribution in [1.82, 2.24) is 15.5 Å². The number of hydrogen-bond acceptors (Lipinski definition) is 2. The monoisotopic (exact) mass is 384 g/mol. The number of nitrogens with zero attached hydrogens (tertiary/aromatic N) is 2. The van der Waals surface area contributed by atoms with Crippen molar-refractivity contribution in [2.45, 2.75) is 47.1 Å². The molecule has 5 heteroatoms. The van der Waals surface area contributed by atoms with Crippen LogP contribution in [-0.4, -0.2) is 50.1 Å². The van der Waals surface area contributed by atoms with Gasteiger partial charge in [-0.05, 0) is 32.7 Å². The van der Waals surface area contributed by atoms with Crippen LogP contribution in [-0.2, 0) is 0 Å². The van der Waals surface area contributed by atoms with Crippen molar-refractivity contribution in [3.05, 3.63) is 0 Å². The van der Waals surface area contributed by atoms with Gasteiger partial charge in [-0.2, -0.15) is 0 Å². The summed E-state index contributed by atoms with van der Waals surface area (Å²) in [6.45, 7) is 15.2. The molecular formula is C14H33IN4. The molecule has 0 spiro atoms. The Morgan fingerprint density at radius 1 is 1.11 bits per heavy atom. The van der Waals surface area contributed by atoms with Gasteiger partial charge in [0.2, 0.25) is 0 Å². The molecule has 0 unspecified atom stereocenters.